The smallest absolute Gasteiger partial charge is 0.231 e. The minimum Gasteiger partial charge on any atom is -0.489 e. The first-order chi connectivity index (χ1) is 8.24. The third-order valence-electron chi connectivity index (χ3n) is 3.45. The molecule has 2 heterocycles. The molecule has 1 atom stereocenters. The van der Waals surface area contributed by atoms with Crippen molar-refractivity contribution in [3.8, 4) is 5.75 Å². The Morgan fingerprint density at radius 3 is 3.12 bits per heavy atom. The SMILES string of the molecule is CN1C(=O)Cc2ccc(OC3CCNC3)cc21. The molecule has 17 heavy (non-hydrogen) atoms. The lowest BCUT2D eigenvalue weighted by molar-refractivity contribution is -0.117. The van der Waals surface area contributed by atoms with Crippen molar-refractivity contribution in [1.29, 1.82) is 0 Å². The fraction of sp³-hybridized carbons (Fsp3) is 0.462. The van der Waals surface area contributed by atoms with Crippen LogP contribution in [0.25, 0.3) is 0 Å². The zero-order chi connectivity index (χ0) is 11.8. The molecule has 2 aliphatic rings. The molecule has 1 aromatic rings. The number of hydrogen-bond acceptors (Lipinski definition) is 3. The highest BCUT2D eigenvalue weighted by atomic mass is 16.5. The molecule has 4 nitrogen and oxygen atoms in total. The largest absolute Gasteiger partial charge is 0.489 e. The van der Waals surface area contributed by atoms with Crippen LogP contribution in [0.4, 0.5) is 5.69 Å². The molecule has 1 N–H and O–H groups in total. The van der Waals surface area contributed by atoms with E-state index in [1.165, 1.54) is 0 Å². The monoisotopic (exact) mass is 232 g/mol. The molecule has 0 spiro atoms. The maximum absolute atomic E-state index is 11.6. The number of nitrogens with zero attached hydrogens (tertiary/aromatic N) is 1. The molecule has 1 fully saturated rings. The van der Waals surface area contributed by atoms with E-state index in [0.717, 1.165) is 36.5 Å². The first kappa shape index (κ1) is 10.6. The Kier molecular flexibility index (Phi) is 2.52. The van der Waals surface area contributed by atoms with Gasteiger partial charge in [-0.2, -0.15) is 0 Å². The van der Waals surface area contributed by atoms with E-state index in [9.17, 15) is 4.79 Å². The number of carbonyl (C=O) groups is 1. The average Bonchev–Trinajstić information content (AvgIpc) is 2.91. The third-order valence-corrected chi connectivity index (χ3v) is 3.45. The highest BCUT2D eigenvalue weighted by Gasteiger charge is 2.25. The summed E-state index contributed by atoms with van der Waals surface area (Å²) >= 11 is 0. The summed E-state index contributed by atoms with van der Waals surface area (Å²) in [7, 11) is 1.81. The molecule has 2 aliphatic heterocycles. The van der Waals surface area contributed by atoms with Crippen LogP contribution in [0, 0.1) is 0 Å². The first-order valence-electron chi connectivity index (χ1n) is 6.01. The molecule has 4 heteroatoms. The van der Waals surface area contributed by atoms with Crippen molar-refractivity contribution in [2.45, 2.75) is 18.9 Å². The maximum atomic E-state index is 11.6. The van der Waals surface area contributed by atoms with Crippen LogP contribution in [0.1, 0.15) is 12.0 Å². The van der Waals surface area contributed by atoms with Crippen LogP contribution in [-0.2, 0) is 11.2 Å². The lowest BCUT2D eigenvalue weighted by Crippen LogP contribution is -2.21. The molecular formula is C13H16N2O2. The van der Waals surface area contributed by atoms with Crippen molar-refractivity contribution >= 4 is 11.6 Å². The van der Waals surface area contributed by atoms with Crippen LogP contribution in [0.3, 0.4) is 0 Å². The number of carbonyl (C=O) groups excluding carboxylic acids is 1. The van der Waals surface area contributed by atoms with Crippen molar-refractivity contribution in [2.75, 3.05) is 25.0 Å². The second kappa shape index (κ2) is 4.04. The van der Waals surface area contributed by atoms with Gasteiger partial charge in [0, 0.05) is 19.7 Å². The number of likely N-dealkylation sites (N-methyl/N-ethyl adjacent to an activating group) is 1. The molecule has 90 valence electrons. The zero-order valence-corrected chi connectivity index (χ0v) is 9.90. The minimum absolute atomic E-state index is 0.152. The van der Waals surface area contributed by atoms with Crippen molar-refractivity contribution in [3.63, 3.8) is 0 Å². The summed E-state index contributed by atoms with van der Waals surface area (Å²) < 4.78 is 5.88. The van der Waals surface area contributed by atoms with Gasteiger partial charge in [0.1, 0.15) is 11.9 Å². The number of benzene rings is 1. The van der Waals surface area contributed by atoms with Crippen molar-refractivity contribution < 1.29 is 9.53 Å². The van der Waals surface area contributed by atoms with E-state index >= 15 is 0 Å². The summed E-state index contributed by atoms with van der Waals surface area (Å²) in [6.45, 7) is 1.93. The van der Waals surface area contributed by atoms with Crippen molar-refractivity contribution in [2.24, 2.45) is 0 Å². The maximum Gasteiger partial charge on any atom is 0.231 e. The molecule has 3 rings (SSSR count). The van der Waals surface area contributed by atoms with Crippen LogP contribution in [0.15, 0.2) is 18.2 Å². The Morgan fingerprint density at radius 2 is 2.35 bits per heavy atom. The summed E-state index contributed by atoms with van der Waals surface area (Å²) in [6.07, 6.45) is 1.82. The lowest BCUT2D eigenvalue weighted by Gasteiger charge is -2.15. The van der Waals surface area contributed by atoms with E-state index in [4.69, 9.17) is 4.74 Å². The summed E-state index contributed by atoms with van der Waals surface area (Å²) in [5.74, 6) is 1.01. The molecule has 0 radical (unpaired) electrons. The molecule has 1 unspecified atom stereocenters. The number of nitrogens with one attached hydrogen (secondary N) is 1. The highest BCUT2D eigenvalue weighted by molar-refractivity contribution is 6.01. The van der Waals surface area contributed by atoms with Gasteiger partial charge in [0.25, 0.3) is 0 Å². The van der Waals surface area contributed by atoms with E-state index in [0.29, 0.717) is 6.42 Å². The number of hydrogen-bond donors (Lipinski definition) is 1. The van der Waals surface area contributed by atoms with Crippen LogP contribution >= 0.6 is 0 Å². The number of rotatable bonds is 2. The van der Waals surface area contributed by atoms with Gasteiger partial charge in [-0.3, -0.25) is 4.79 Å². The fourth-order valence-electron chi connectivity index (χ4n) is 2.42. The Morgan fingerprint density at radius 1 is 1.47 bits per heavy atom. The fourth-order valence-corrected chi connectivity index (χ4v) is 2.42. The van der Waals surface area contributed by atoms with Gasteiger partial charge in [0.05, 0.1) is 12.1 Å². The first-order valence-corrected chi connectivity index (χ1v) is 6.01. The van der Waals surface area contributed by atoms with E-state index in [1.54, 1.807) is 4.90 Å². The van der Waals surface area contributed by atoms with E-state index in [1.807, 2.05) is 25.2 Å². The van der Waals surface area contributed by atoms with Gasteiger partial charge >= 0.3 is 0 Å². The predicted molar refractivity (Wildman–Crippen MR) is 65.5 cm³/mol. The average molecular weight is 232 g/mol. The second-order valence-corrected chi connectivity index (χ2v) is 4.65. The molecule has 0 aromatic heterocycles. The Bertz CT molecular complexity index is 453. The van der Waals surface area contributed by atoms with Gasteiger partial charge in [-0.25, -0.2) is 0 Å². The van der Waals surface area contributed by atoms with Crippen molar-refractivity contribution in [1.82, 2.24) is 5.32 Å². The van der Waals surface area contributed by atoms with Crippen LogP contribution in [-0.4, -0.2) is 32.1 Å². The van der Waals surface area contributed by atoms with E-state index in [2.05, 4.69) is 5.32 Å². The van der Waals surface area contributed by atoms with Crippen molar-refractivity contribution in [3.05, 3.63) is 23.8 Å². The number of fused-ring (bicyclic) bond motifs is 1. The normalized spacial score (nSPS) is 23.0. The minimum atomic E-state index is 0.152. The predicted octanol–water partition coefficient (Wildman–Crippen LogP) is 0.946. The molecule has 1 amide bonds. The third kappa shape index (κ3) is 1.89. The standard InChI is InChI=1S/C13H16N2O2/c1-15-12-7-10(17-11-4-5-14-8-11)3-2-9(12)6-13(15)16/h2-3,7,11,14H,4-6,8H2,1H3. The molecule has 0 saturated carbocycles. The second-order valence-electron chi connectivity index (χ2n) is 4.65. The van der Waals surface area contributed by atoms with Gasteiger partial charge in [-0.15, -0.1) is 0 Å². The van der Waals surface area contributed by atoms with Gasteiger partial charge in [0.2, 0.25) is 5.91 Å². The quantitative estimate of drug-likeness (QED) is 0.825. The number of amides is 1. The molecule has 0 aliphatic carbocycles. The van der Waals surface area contributed by atoms with Crippen LogP contribution < -0.4 is 15.0 Å². The number of ether oxygens (including phenoxy) is 1. The summed E-state index contributed by atoms with van der Waals surface area (Å²) in [5, 5.41) is 3.27. The summed E-state index contributed by atoms with van der Waals surface area (Å²) in [4.78, 5) is 13.3. The molecule has 0 bridgehead atoms. The lowest BCUT2D eigenvalue weighted by atomic mass is 10.1. The van der Waals surface area contributed by atoms with Gasteiger partial charge in [0.15, 0.2) is 0 Å². The van der Waals surface area contributed by atoms with E-state index in [-0.39, 0.29) is 12.0 Å². The zero-order valence-electron chi connectivity index (χ0n) is 9.90. The summed E-state index contributed by atoms with van der Waals surface area (Å²) in [5.41, 5.74) is 2.08. The van der Waals surface area contributed by atoms with Crippen LogP contribution in [0.5, 0.6) is 5.75 Å². The summed E-state index contributed by atoms with van der Waals surface area (Å²) in [6, 6.07) is 5.93. The Hall–Kier alpha value is -1.55. The molecule has 1 aromatic carbocycles. The number of anilines is 1. The van der Waals surface area contributed by atoms with E-state index < -0.39 is 0 Å². The van der Waals surface area contributed by atoms with Gasteiger partial charge in [-0.1, -0.05) is 6.07 Å². The van der Waals surface area contributed by atoms with Crippen LogP contribution in [0.2, 0.25) is 0 Å². The van der Waals surface area contributed by atoms with Gasteiger partial charge < -0.3 is 15.0 Å². The Labute approximate surface area is 101 Å². The topological polar surface area (TPSA) is 41.6 Å². The molecular weight excluding hydrogens is 216 g/mol. The highest BCUT2D eigenvalue weighted by Crippen LogP contribution is 2.31. The molecule has 1 saturated heterocycles. The van der Waals surface area contributed by atoms with Gasteiger partial charge in [-0.05, 0) is 24.6 Å². The Balaban J connectivity index is 1.81.